The summed E-state index contributed by atoms with van der Waals surface area (Å²) in [6.07, 6.45) is 2.60. The fourth-order valence-corrected chi connectivity index (χ4v) is 2.41. The Morgan fingerprint density at radius 1 is 1.50 bits per heavy atom. The first-order valence-electron chi connectivity index (χ1n) is 5.67. The standard InChI is InChI=1S/C12H16BrN5/c1-8-3-4-11(13)10(5-8)12(15-14)6-9-7-18(2)17-16-9/h3-5,7,12,15H,6,14H2,1-2H3. The molecular weight excluding hydrogens is 294 g/mol. The Kier molecular flexibility index (Phi) is 4.11. The van der Waals surface area contributed by atoms with Crippen LogP contribution in [-0.4, -0.2) is 15.0 Å². The summed E-state index contributed by atoms with van der Waals surface area (Å²) in [5, 5.41) is 8.01. The molecule has 18 heavy (non-hydrogen) atoms. The van der Waals surface area contributed by atoms with Crippen molar-refractivity contribution < 1.29 is 0 Å². The molecule has 3 N–H and O–H groups in total. The molecule has 5 nitrogen and oxygen atoms in total. The highest BCUT2D eigenvalue weighted by molar-refractivity contribution is 9.10. The maximum atomic E-state index is 5.65. The molecule has 0 bridgehead atoms. The number of nitrogens with zero attached hydrogens (tertiary/aromatic N) is 3. The lowest BCUT2D eigenvalue weighted by Gasteiger charge is -2.17. The van der Waals surface area contributed by atoms with Crippen LogP contribution in [0.25, 0.3) is 0 Å². The number of benzene rings is 1. The van der Waals surface area contributed by atoms with Gasteiger partial charge in [-0.3, -0.25) is 16.0 Å². The molecule has 0 amide bonds. The number of nitrogens with two attached hydrogens (primary N) is 1. The van der Waals surface area contributed by atoms with Gasteiger partial charge in [0.2, 0.25) is 0 Å². The van der Waals surface area contributed by atoms with E-state index < -0.39 is 0 Å². The average Bonchev–Trinajstić information content (AvgIpc) is 2.75. The Balaban J connectivity index is 2.25. The minimum Gasteiger partial charge on any atom is -0.271 e. The van der Waals surface area contributed by atoms with Gasteiger partial charge in [-0.2, -0.15) is 0 Å². The summed E-state index contributed by atoms with van der Waals surface area (Å²) in [5.41, 5.74) is 6.08. The van der Waals surface area contributed by atoms with Gasteiger partial charge in [0.25, 0.3) is 0 Å². The Hall–Kier alpha value is -1.24. The summed E-state index contributed by atoms with van der Waals surface area (Å²) < 4.78 is 2.73. The van der Waals surface area contributed by atoms with Crippen LogP contribution in [0.1, 0.15) is 22.9 Å². The van der Waals surface area contributed by atoms with Crippen LogP contribution >= 0.6 is 15.9 Å². The van der Waals surface area contributed by atoms with Gasteiger partial charge in [-0.25, -0.2) is 0 Å². The molecule has 2 aromatic rings. The second kappa shape index (κ2) is 5.60. The molecule has 0 saturated heterocycles. The van der Waals surface area contributed by atoms with Gasteiger partial charge in [0.15, 0.2) is 0 Å². The fraction of sp³-hybridized carbons (Fsp3) is 0.333. The monoisotopic (exact) mass is 309 g/mol. The van der Waals surface area contributed by atoms with Gasteiger partial charge in [-0.05, 0) is 18.6 Å². The Labute approximate surface area is 114 Å². The smallest absolute Gasteiger partial charge is 0.0846 e. The van der Waals surface area contributed by atoms with Crippen molar-refractivity contribution in [2.45, 2.75) is 19.4 Å². The van der Waals surface area contributed by atoms with Crippen molar-refractivity contribution in [3.05, 3.63) is 45.7 Å². The van der Waals surface area contributed by atoms with Gasteiger partial charge in [0.1, 0.15) is 0 Å². The predicted molar refractivity (Wildman–Crippen MR) is 73.7 cm³/mol. The van der Waals surface area contributed by atoms with E-state index in [-0.39, 0.29) is 6.04 Å². The fourth-order valence-electron chi connectivity index (χ4n) is 1.89. The van der Waals surface area contributed by atoms with Crippen LogP contribution in [-0.2, 0) is 13.5 Å². The van der Waals surface area contributed by atoms with Crippen LogP contribution < -0.4 is 11.3 Å². The quantitative estimate of drug-likeness (QED) is 0.665. The summed E-state index contributed by atoms with van der Waals surface area (Å²) in [6.45, 7) is 2.06. The Bertz CT molecular complexity index is 537. The van der Waals surface area contributed by atoms with E-state index in [4.69, 9.17) is 5.84 Å². The minimum atomic E-state index is 0.0102. The van der Waals surface area contributed by atoms with E-state index >= 15 is 0 Å². The van der Waals surface area contributed by atoms with Crippen molar-refractivity contribution >= 4 is 15.9 Å². The van der Waals surface area contributed by atoms with Crippen LogP contribution in [0, 0.1) is 6.92 Å². The molecule has 0 aliphatic rings. The number of halogens is 1. The summed E-state index contributed by atoms with van der Waals surface area (Å²) in [4.78, 5) is 0. The number of aryl methyl sites for hydroxylation is 2. The zero-order valence-electron chi connectivity index (χ0n) is 10.4. The number of aromatic nitrogens is 3. The van der Waals surface area contributed by atoms with Crippen LogP contribution in [0.4, 0.5) is 0 Å². The molecule has 0 fully saturated rings. The summed E-state index contributed by atoms with van der Waals surface area (Å²) in [7, 11) is 1.85. The molecular formula is C12H16BrN5. The number of rotatable bonds is 4. The van der Waals surface area contributed by atoms with Gasteiger partial charge in [-0.1, -0.05) is 38.8 Å². The zero-order valence-corrected chi connectivity index (χ0v) is 12.0. The minimum absolute atomic E-state index is 0.0102. The zero-order chi connectivity index (χ0) is 13.1. The van der Waals surface area contributed by atoms with Crippen LogP contribution in [0.2, 0.25) is 0 Å². The van der Waals surface area contributed by atoms with E-state index in [9.17, 15) is 0 Å². The number of nitrogens with one attached hydrogen (secondary N) is 1. The van der Waals surface area contributed by atoms with E-state index in [1.54, 1.807) is 4.68 Å². The highest BCUT2D eigenvalue weighted by Gasteiger charge is 2.15. The van der Waals surface area contributed by atoms with Crippen molar-refractivity contribution in [1.82, 2.24) is 20.4 Å². The number of hydrazine groups is 1. The molecule has 2 rings (SSSR count). The first kappa shape index (κ1) is 13.2. The third-order valence-corrected chi connectivity index (χ3v) is 3.51. The maximum absolute atomic E-state index is 5.65. The summed E-state index contributed by atoms with van der Waals surface area (Å²) in [5.74, 6) is 5.65. The number of hydrogen-bond acceptors (Lipinski definition) is 4. The second-order valence-electron chi connectivity index (χ2n) is 4.33. The van der Waals surface area contributed by atoms with E-state index in [1.165, 1.54) is 5.56 Å². The van der Waals surface area contributed by atoms with Crippen LogP contribution in [0.5, 0.6) is 0 Å². The number of hydrogen-bond donors (Lipinski definition) is 2. The summed E-state index contributed by atoms with van der Waals surface area (Å²) in [6, 6.07) is 6.22. The van der Waals surface area contributed by atoms with Crippen LogP contribution in [0.3, 0.4) is 0 Å². The first-order valence-corrected chi connectivity index (χ1v) is 6.47. The van der Waals surface area contributed by atoms with Gasteiger partial charge in [0, 0.05) is 24.1 Å². The third kappa shape index (κ3) is 2.95. The molecule has 1 heterocycles. The van der Waals surface area contributed by atoms with E-state index in [2.05, 4.69) is 50.7 Å². The van der Waals surface area contributed by atoms with Crippen molar-refractivity contribution in [2.75, 3.05) is 0 Å². The Morgan fingerprint density at radius 3 is 2.89 bits per heavy atom. The van der Waals surface area contributed by atoms with Crippen molar-refractivity contribution in [3.8, 4) is 0 Å². The molecule has 1 aromatic heterocycles. The van der Waals surface area contributed by atoms with E-state index in [1.807, 2.05) is 19.3 Å². The predicted octanol–water partition coefficient (Wildman–Crippen LogP) is 1.63. The molecule has 1 atom stereocenters. The van der Waals surface area contributed by atoms with Gasteiger partial charge in [0.05, 0.1) is 11.7 Å². The largest absolute Gasteiger partial charge is 0.271 e. The van der Waals surface area contributed by atoms with Crippen molar-refractivity contribution in [2.24, 2.45) is 12.9 Å². The highest BCUT2D eigenvalue weighted by Crippen LogP contribution is 2.26. The molecule has 0 aliphatic carbocycles. The van der Waals surface area contributed by atoms with E-state index in [0.717, 1.165) is 15.7 Å². The molecule has 0 spiro atoms. The first-order chi connectivity index (χ1) is 8.60. The maximum Gasteiger partial charge on any atom is 0.0846 e. The molecule has 1 unspecified atom stereocenters. The van der Waals surface area contributed by atoms with E-state index in [0.29, 0.717) is 6.42 Å². The average molecular weight is 310 g/mol. The molecule has 6 heteroatoms. The Morgan fingerprint density at radius 2 is 2.28 bits per heavy atom. The highest BCUT2D eigenvalue weighted by atomic mass is 79.9. The molecule has 0 saturated carbocycles. The molecule has 1 aromatic carbocycles. The lowest BCUT2D eigenvalue weighted by Crippen LogP contribution is -2.30. The molecule has 0 radical (unpaired) electrons. The topological polar surface area (TPSA) is 68.8 Å². The van der Waals surface area contributed by atoms with Gasteiger partial charge in [-0.15, -0.1) is 5.10 Å². The van der Waals surface area contributed by atoms with Gasteiger partial charge < -0.3 is 0 Å². The lowest BCUT2D eigenvalue weighted by atomic mass is 10.0. The molecule has 0 aliphatic heterocycles. The SMILES string of the molecule is Cc1ccc(Br)c(C(Cc2cn(C)nn2)NN)c1. The third-order valence-electron chi connectivity index (χ3n) is 2.79. The summed E-state index contributed by atoms with van der Waals surface area (Å²) >= 11 is 3.55. The van der Waals surface area contributed by atoms with Crippen molar-refractivity contribution in [3.63, 3.8) is 0 Å². The van der Waals surface area contributed by atoms with Crippen molar-refractivity contribution in [1.29, 1.82) is 0 Å². The van der Waals surface area contributed by atoms with Gasteiger partial charge >= 0.3 is 0 Å². The van der Waals surface area contributed by atoms with Crippen LogP contribution in [0.15, 0.2) is 28.9 Å². The normalized spacial score (nSPS) is 12.7. The molecule has 96 valence electrons. The lowest BCUT2D eigenvalue weighted by molar-refractivity contribution is 0.543. The second-order valence-corrected chi connectivity index (χ2v) is 5.19.